The number of benzene rings is 1. The molecule has 1 amide bonds. The Morgan fingerprint density at radius 2 is 1.89 bits per heavy atom. The molecule has 2 heterocycles. The zero-order valence-electron chi connectivity index (χ0n) is 14.3. The number of hydrogen-bond acceptors (Lipinski definition) is 5. The monoisotopic (exact) mass is 384 g/mol. The Balaban J connectivity index is 1.70. The second-order valence-corrected chi connectivity index (χ2v) is 6.36. The summed E-state index contributed by atoms with van der Waals surface area (Å²) in [6, 6.07) is 6.60. The number of nitrogens with one attached hydrogen (secondary N) is 1. The standard InChI is InChI=1S/C18H19F3N2O4/c19-18(20,21)17(25,13-4-2-1-3-5-13)11-22-15(24)14-10-27-16(23-14)12-6-8-26-9-7-12/h1-5,10,12,25H,6-9,11H2,(H,22,24). The Kier molecular flexibility index (Phi) is 5.52. The van der Waals surface area contributed by atoms with E-state index in [1.54, 1.807) is 0 Å². The Morgan fingerprint density at radius 1 is 1.22 bits per heavy atom. The van der Waals surface area contributed by atoms with Crippen LogP contribution in [0.4, 0.5) is 13.2 Å². The molecular weight excluding hydrogens is 365 g/mol. The van der Waals surface area contributed by atoms with Crippen LogP contribution < -0.4 is 5.32 Å². The summed E-state index contributed by atoms with van der Waals surface area (Å²) in [5, 5.41) is 12.3. The number of nitrogens with zero attached hydrogens (tertiary/aromatic N) is 1. The Bertz CT molecular complexity index is 772. The molecule has 1 aliphatic rings. The highest BCUT2D eigenvalue weighted by atomic mass is 19.4. The predicted octanol–water partition coefficient (Wildman–Crippen LogP) is 2.75. The molecule has 0 saturated carbocycles. The van der Waals surface area contributed by atoms with E-state index in [4.69, 9.17) is 9.15 Å². The first-order chi connectivity index (χ1) is 12.8. The van der Waals surface area contributed by atoms with E-state index in [9.17, 15) is 23.1 Å². The van der Waals surface area contributed by atoms with Crippen molar-refractivity contribution in [2.24, 2.45) is 0 Å². The molecule has 9 heteroatoms. The topological polar surface area (TPSA) is 84.6 Å². The number of carbonyl (C=O) groups is 1. The van der Waals surface area contributed by atoms with Gasteiger partial charge in [0.05, 0.1) is 6.54 Å². The van der Waals surface area contributed by atoms with Gasteiger partial charge < -0.3 is 19.6 Å². The van der Waals surface area contributed by atoms with Gasteiger partial charge in [0, 0.05) is 19.1 Å². The second kappa shape index (κ2) is 7.69. The summed E-state index contributed by atoms with van der Waals surface area (Å²) in [6.45, 7) is 0.0767. The zero-order valence-corrected chi connectivity index (χ0v) is 14.3. The van der Waals surface area contributed by atoms with Crippen LogP contribution in [-0.2, 0) is 10.3 Å². The Hall–Kier alpha value is -2.39. The van der Waals surface area contributed by atoms with Gasteiger partial charge in [0.15, 0.2) is 11.6 Å². The van der Waals surface area contributed by atoms with Crippen molar-refractivity contribution in [2.45, 2.75) is 30.5 Å². The number of amides is 1. The minimum absolute atomic E-state index is 0.0109. The number of oxazole rings is 1. The molecule has 3 rings (SSSR count). The van der Waals surface area contributed by atoms with Gasteiger partial charge in [0.2, 0.25) is 5.60 Å². The van der Waals surface area contributed by atoms with Crippen molar-refractivity contribution in [1.29, 1.82) is 0 Å². The van der Waals surface area contributed by atoms with Crippen LogP contribution in [0.15, 0.2) is 41.0 Å². The maximum atomic E-state index is 13.4. The summed E-state index contributed by atoms with van der Waals surface area (Å²) in [5.41, 5.74) is -3.70. The normalized spacial score (nSPS) is 18.1. The third-order valence-corrected chi connectivity index (χ3v) is 4.55. The molecule has 2 aromatic rings. The highest BCUT2D eigenvalue weighted by Gasteiger charge is 2.55. The van der Waals surface area contributed by atoms with Gasteiger partial charge >= 0.3 is 6.18 Å². The maximum Gasteiger partial charge on any atom is 0.423 e. The molecule has 1 saturated heterocycles. The van der Waals surface area contributed by atoms with E-state index >= 15 is 0 Å². The number of rotatable bonds is 5. The number of ether oxygens (including phenoxy) is 1. The van der Waals surface area contributed by atoms with E-state index < -0.39 is 24.2 Å². The van der Waals surface area contributed by atoms with Crippen molar-refractivity contribution in [3.8, 4) is 0 Å². The van der Waals surface area contributed by atoms with E-state index in [-0.39, 0.29) is 17.2 Å². The molecule has 27 heavy (non-hydrogen) atoms. The van der Waals surface area contributed by atoms with Gasteiger partial charge in [-0.2, -0.15) is 13.2 Å². The van der Waals surface area contributed by atoms with Crippen LogP contribution in [0.1, 0.15) is 40.7 Å². The first kappa shape index (κ1) is 19.4. The van der Waals surface area contributed by atoms with E-state index in [0.29, 0.717) is 31.9 Å². The predicted molar refractivity (Wildman–Crippen MR) is 88.0 cm³/mol. The third-order valence-electron chi connectivity index (χ3n) is 4.55. The average Bonchev–Trinajstić information content (AvgIpc) is 3.16. The van der Waals surface area contributed by atoms with Gasteiger partial charge in [-0.15, -0.1) is 0 Å². The lowest BCUT2D eigenvalue weighted by Crippen LogP contribution is -2.51. The number of carbonyl (C=O) groups excluding carboxylic acids is 1. The molecule has 1 atom stereocenters. The molecule has 0 spiro atoms. The third kappa shape index (κ3) is 4.14. The first-order valence-corrected chi connectivity index (χ1v) is 8.47. The summed E-state index contributed by atoms with van der Waals surface area (Å²) in [6.07, 6.45) is -2.47. The van der Waals surface area contributed by atoms with Gasteiger partial charge in [-0.25, -0.2) is 4.98 Å². The highest BCUT2D eigenvalue weighted by Crippen LogP contribution is 2.38. The van der Waals surface area contributed by atoms with Crippen LogP contribution in [0.2, 0.25) is 0 Å². The number of aromatic nitrogens is 1. The smallest absolute Gasteiger partial charge is 0.423 e. The quantitative estimate of drug-likeness (QED) is 0.828. The average molecular weight is 384 g/mol. The van der Waals surface area contributed by atoms with Crippen LogP contribution in [0, 0.1) is 0 Å². The van der Waals surface area contributed by atoms with E-state index in [1.807, 2.05) is 0 Å². The summed E-state index contributed by atoms with van der Waals surface area (Å²) in [5.74, 6) is -0.481. The number of hydrogen-bond donors (Lipinski definition) is 2. The van der Waals surface area contributed by atoms with Crippen molar-refractivity contribution in [1.82, 2.24) is 10.3 Å². The fraction of sp³-hybridized carbons (Fsp3) is 0.444. The van der Waals surface area contributed by atoms with Crippen molar-refractivity contribution in [3.63, 3.8) is 0 Å². The van der Waals surface area contributed by atoms with Crippen molar-refractivity contribution < 1.29 is 32.2 Å². The van der Waals surface area contributed by atoms with Crippen LogP contribution in [-0.4, -0.2) is 41.9 Å². The molecule has 1 aromatic carbocycles. The van der Waals surface area contributed by atoms with Crippen molar-refractivity contribution in [2.75, 3.05) is 19.8 Å². The summed E-state index contributed by atoms with van der Waals surface area (Å²) < 4.78 is 50.9. The molecular formula is C18H19F3N2O4. The SMILES string of the molecule is O=C(NCC(O)(c1ccccc1)C(F)(F)F)c1coc(C2CCOCC2)n1. The van der Waals surface area contributed by atoms with Crippen molar-refractivity contribution in [3.05, 3.63) is 53.7 Å². The molecule has 1 fully saturated rings. The van der Waals surface area contributed by atoms with Crippen LogP contribution in [0.25, 0.3) is 0 Å². The lowest BCUT2D eigenvalue weighted by atomic mass is 9.93. The van der Waals surface area contributed by atoms with Gasteiger partial charge in [0.1, 0.15) is 6.26 Å². The molecule has 146 valence electrons. The molecule has 0 radical (unpaired) electrons. The number of alkyl halides is 3. The molecule has 2 N–H and O–H groups in total. The van der Waals surface area contributed by atoms with Gasteiger partial charge in [-0.1, -0.05) is 30.3 Å². The summed E-state index contributed by atoms with van der Waals surface area (Å²) in [4.78, 5) is 16.3. The molecule has 6 nitrogen and oxygen atoms in total. The largest absolute Gasteiger partial charge is 0.448 e. The molecule has 0 aliphatic carbocycles. The van der Waals surface area contributed by atoms with E-state index in [1.165, 1.54) is 18.2 Å². The molecule has 1 aromatic heterocycles. The van der Waals surface area contributed by atoms with Crippen LogP contribution >= 0.6 is 0 Å². The van der Waals surface area contributed by atoms with E-state index in [2.05, 4.69) is 10.3 Å². The highest BCUT2D eigenvalue weighted by molar-refractivity contribution is 5.92. The number of aliphatic hydroxyl groups is 1. The van der Waals surface area contributed by atoms with Crippen LogP contribution in [0.5, 0.6) is 0 Å². The molecule has 0 bridgehead atoms. The number of halogens is 3. The maximum absolute atomic E-state index is 13.4. The fourth-order valence-corrected chi connectivity index (χ4v) is 2.90. The second-order valence-electron chi connectivity index (χ2n) is 6.36. The Morgan fingerprint density at radius 3 is 2.52 bits per heavy atom. The van der Waals surface area contributed by atoms with Crippen LogP contribution in [0.3, 0.4) is 0 Å². The minimum atomic E-state index is -4.97. The first-order valence-electron chi connectivity index (χ1n) is 8.47. The molecule has 1 aliphatic heterocycles. The van der Waals surface area contributed by atoms with Crippen molar-refractivity contribution >= 4 is 5.91 Å². The van der Waals surface area contributed by atoms with E-state index in [0.717, 1.165) is 18.4 Å². The summed E-state index contributed by atoms with van der Waals surface area (Å²) >= 11 is 0. The lowest BCUT2D eigenvalue weighted by molar-refractivity contribution is -0.263. The van der Waals surface area contributed by atoms with Gasteiger partial charge in [-0.3, -0.25) is 4.79 Å². The molecule has 1 unspecified atom stereocenters. The summed E-state index contributed by atoms with van der Waals surface area (Å²) in [7, 11) is 0. The Labute approximate surface area is 153 Å². The fourth-order valence-electron chi connectivity index (χ4n) is 2.90. The zero-order chi connectivity index (χ0) is 19.5. The van der Waals surface area contributed by atoms with Gasteiger partial charge in [-0.05, 0) is 18.4 Å². The lowest BCUT2D eigenvalue weighted by Gasteiger charge is -2.31. The minimum Gasteiger partial charge on any atom is -0.448 e. The van der Waals surface area contributed by atoms with Gasteiger partial charge in [0.25, 0.3) is 5.91 Å².